The summed E-state index contributed by atoms with van der Waals surface area (Å²) in [5.41, 5.74) is -0.323. The van der Waals surface area contributed by atoms with Crippen LogP contribution in [0.5, 0.6) is 0 Å². The van der Waals surface area contributed by atoms with Gasteiger partial charge in [-0.05, 0) is 30.3 Å². The Morgan fingerprint density at radius 3 is 2.09 bits per heavy atom. The van der Waals surface area contributed by atoms with Crippen LogP contribution in [0.2, 0.25) is 0 Å². The number of hydrogen-bond donors (Lipinski definition) is 1. The minimum atomic E-state index is -0.821. The Kier molecular flexibility index (Phi) is 7.24. The number of nitro groups is 1. The Labute approximate surface area is 147 Å². The average molecular weight is 452 g/mol. The molecule has 0 aromatic heterocycles. The molecule has 2 aromatic rings. The van der Waals surface area contributed by atoms with E-state index in [4.69, 9.17) is 0 Å². The maximum atomic E-state index is 12.9. The van der Waals surface area contributed by atoms with E-state index in [-0.39, 0.29) is 11.6 Å². The first kappa shape index (κ1) is 19.2. The topological polar surface area (TPSA) is 72.2 Å². The number of halogens is 4. The number of hydrogen-bond acceptors (Lipinski definition) is 3. The average Bonchev–Trinajstić information content (AvgIpc) is 2.45. The predicted molar refractivity (Wildman–Crippen MR) is 89.2 cm³/mol. The lowest BCUT2D eigenvalue weighted by Gasteiger charge is -2.03. The van der Waals surface area contributed by atoms with Crippen molar-refractivity contribution in [1.82, 2.24) is 0 Å². The summed E-state index contributed by atoms with van der Waals surface area (Å²) in [6.45, 7) is 1.33. The summed E-state index contributed by atoms with van der Waals surface area (Å²) in [5.74, 6) is -1.54. The van der Waals surface area contributed by atoms with E-state index in [1.54, 1.807) is 6.07 Å². The maximum Gasteiger partial charge on any atom is 0.305 e. The van der Waals surface area contributed by atoms with Crippen LogP contribution in [0.3, 0.4) is 0 Å². The summed E-state index contributed by atoms with van der Waals surface area (Å²) in [7, 11) is 0. The SMILES string of the molecule is CC(=O)Nc1cc(Br)ccc1F.O=[N+]([O-])c1cc(Br)ccc1F. The molecule has 0 fully saturated rings. The van der Waals surface area contributed by atoms with E-state index in [0.717, 1.165) is 16.6 Å². The molecule has 0 bridgehead atoms. The van der Waals surface area contributed by atoms with Gasteiger partial charge in [0.15, 0.2) is 0 Å². The fraction of sp³-hybridized carbons (Fsp3) is 0.0714. The summed E-state index contributed by atoms with van der Waals surface area (Å²) in [5, 5.41) is 12.5. The molecule has 1 amide bonds. The molecule has 0 saturated carbocycles. The molecule has 23 heavy (non-hydrogen) atoms. The molecular weight excluding hydrogens is 442 g/mol. The zero-order valence-electron chi connectivity index (χ0n) is 11.6. The highest BCUT2D eigenvalue weighted by molar-refractivity contribution is 9.10. The van der Waals surface area contributed by atoms with Crippen molar-refractivity contribution in [3.05, 3.63) is 67.1 Å². The Morgan fingerprint density at radius 2 is 1.61 bits per heavy atom. The number of rotatable bonds is 2. The summed E-state index contributed by atoms with van der Waals surface area (Å²) >= 11 is 6.16. The van der Waals surface area contributed by atoms with Gasteiger partial charge in [-0.2, -0.15) is 4.39 Å². The molecular formula is C14H10Br2F2N2O3. The number of carbonyl (C=O) groups is 1. The van der Waals surface area contributed by atoms with Crippen LogP contribution in [0.15, 0.2) is 45.3 Å². The second-order valence-electron chi connectivity index (χ2n) is 4.16. The fourth-order valence-electron chi connectivity index (χ4n) is 1.41. The number of nitrogens with one attached hydrogen (secondary N) is 1. The maximum absolute atomic E-state index is 12.9. The van der Waals surface area contributed by atoms with Crippen molar-refractivity contribution in [2.24, 2.45) is 0 Å². The van der Waals surface area contributed by atoms with Gasteiger partial charge >= 0.3 is 5.69 Å². The molecule has 0 unspecified atom stereocenters. The molecule has 0 heterocycles. The van der Waals surface area contributed by atoms with Crippen molar-refractivity contribution in [3.8, 4) is 0 Å². The monoisotopic (exact) mass is 450 g/mol. The van der Waals surface area contributed by atoms with E-state index in [1.165, 1.54) is 25.1 Å². The highest BCUT2D eigenvalue weighted by Crippen LogP contribution is 2.21. The van der Waals surface area contributed by atoms with E-state index in [9.17, 15) is 23.7 Å². The van der Waals surface area contributed by atoms with Crippen LogP contribution in [0.4, 0.5) is 20.2 Å². The van der Waals surface area contributed by atoms with Crippen LogP contribution < -0.4 is 5.32 Å². The number of nitrogens with zero attached hydrogens (tertiary/aromatic N) is 1. The first-order chi connectivity index (χ1) is 10.7. The van der Waals surface area contributed by atoms with E-state index < -0.39 is 22.2 Å². The molecule has 2 aromatic carbocycles. The number of anilines is 1. The molecule has 2 rings (SSSR count). The van der Waals surface area contributed by atoms with Gasteiger partial charge in [-0.1, -0.05) is 31.9 Å². The van der Waals surface area contributed by atoms with E-state index >= 15 is 0 Å². The lowest BCUT2D eigenvalue weighted by Crippen LogP contribution is -2.07. The quantitative estimate of drug-likeness (QED) is 0.513. The Balaban J connectivity index is 0.000000231. The minimum Gasteiger partial charge on any atom is -0.324 e. The van der Waals surface area contributed by atoms with Crippen LogP contribution in [0.25, 0.3) is 0 Å². The number of nitro benzene ring substituents is 1. The highest BCUT2D eigenvalue weighted by atomic mass is 79.9. The van der Waals surface area contributed by atoms with Crippen molar-refractivity contribution in [2.75, 3.05) is 5.32 Å². The predicted octanol–water partition coefficient (Wildman–Crippen LogP) is 5.04. The fourth-order valence-corrected chi connectivity index (χ4v) is 2.12. The first-order valence-corrected chi connectivity index (χ1v) is 7.61. The van der Waals surface area contributed by atoms with Gasteiger partial charge in [0.25, 0.3) is 0 Å². The normalized spacial score (nSPS) is 9.61. The Hall–Kier alpha value is -1.87. The molecule has 0 saturated heterocycles. The van der Waals surface area contributed by atoms with E-state index in [0.29, 0.717) is 4.47 Å². The van der Waals surface area contributed by atoms with Gasteiger partial charge in [0, 0.05) is 21.9 Å². The third-order valence-corrected chi connectivity index (χ3v) is 3.33. The minimum absolute atomic E-state index is 0.192. The summed E-state index contributed by atoms with van der Waals surface area (Å²) in [6.07, 6.45) is 0. The van der Waals surface area contributed by atoms with Crippen LogP contribution in [0.1, 0.15) is 6.92 Å². The lowest BCUT2D eigenvalue weighted by molar-refractivity contribution is -0.387. The zero-order chi connectivity index (χ0) is 17.6. The molecule has 0 aliphatic heterocycles. The first-order valence-electron chi connectivity index (χ1n) is 6.02. The Bertz CT molecular complexity index is 742. The van der Waals surface area contributed by atoms with Gasteiger partial charge in [0.2, 0.25) is 11.7 Å². The van der Waals surface area contributed by atoms with Crippen LogP contribution in [-0.2, 0) is 4.79 Å². The third-order valence-electron chi connectivity index (χ3n) is 2.34. The molecule has 5 nitrogen and oxygen atoms in total. The van der Waals surface area contributed by atoms with Gasteiger partial charge < -0.3 is 5.32 Å². The highest BCUT2D eigenvalue weighted by Gasteiger charge is 2.12. The molecule has 9 heteroatoms. The summed E-state index contributed by atoms with van der Waals surface area (Å²) < 4.78 is 26.7. The van der Waals surface area contributed by atoms with Crippen LogP contribution >= 0.6 is 31.9 Å². The molecule has 122 valence electrons. The van der Waals surface area contributed by atoms with Crippen molar-refractivity contribution >= 4 is 49.1 Å². The van der Waals surface area contributed by atoms with E-state index in [1.807, 2.05) is 0 Å². The van der Waals surface area contributed by atoms with Gasteiger partial charge in [-0.25, -0.2) is 4.39 Å². The van der Waals surface area contributed by atoms with Gasteiger partial charge in [-0.15, -0.1) is 0 Å². The summed E-state index contributed by atoms with van der Waals surface area (Å²) in [4.78, 5) is 19.9. The molecule has 0 spiro atoms. The van der Waals surface area contributed by atoms with E-state index in [2.05, 4.69) is 37.2 Å². The second kappa shape index (κ2) is 8.68. The van der Waals surface area contributed by atoms with Crippen molar-refractivity contribution in [2.45, 2.75) is 6.92 Å². The lowest BCUT2D eigenvalue weighted by atomic mass is 10.3. The van der Waals surface area contributed by atoms with Gasteiger partial charge in [0.05, 0.1) is 10.6 Å². The van der Waals surface area contributed by atoms with Crippen LogP contribution in [0, 0.1) is 21.7 Å². The summed E-state index contributed by atoms with van der Waals surface area (Å²) in [6, 6.07) is 7.94. The molecule has 0 atom stereocenters. The number of amides is 1. The number of benzene rings is 2. The zero-order valence-corrected chi connectivity index (χ0v) is 14.8. The largest absolute Gasteiger partial charge is 0.324 e. The standard InChI is InChI=1S/C8H7BrFNO.C6H3BrFNO2/c1-5(12)11-8-4-6(9)2-3-7(8)10;7-4-1-2-5(8)6(3-4)9(10)11/h2-4H,1H3,(H,11,12);1-3H. The van der Waals surface area contributed by atoms with Crippen molar-refractivity contribution in [3.63, 3.8) is 0 Å². The smallest absolute Gasteiger partial charge is 0.305 e. The second-order valence-corrected chi connectivity index (χ2v) is 5.99. The van der Waals surface area contributed by atoms with Gasteiger partial charge in [0.1, 0.15) is 5.82 Å². The molecule has 1 N–H and O–H groups in total. The molecule has 0 radical (unpaired) electrons. The molecule has 0 aliphatic rings. The third kappa shape index (κ3) is 6.41. The van der Waals surface area contributed by atoms with Crippen molar-refractivity contribution < 1.29 is 18.5 Å². The molecule has 0 aliphatic carbocycles. The van der Waals surface area contributed by atoms with Gasteiger partial charge in [-0.3, -0.25) is 14.9 Å². The Morgan fingerprint density at radius 1 is 1.09 bits per heavy atom. The van der Waals surface area contributed by atoms with Crippen molar-refractivity contribution in [1.29, 1.82) is 0 Å². The van der Waals surface area contributed by atoms with Crippen LogP contribution in [-0.4, -0.2) is 10.8 Å². The number of carbonyl (C=O) groups excluding carboxylic acids is 1.